The number of amides is 2. The van der Waals surface area contributed by atoms with Gasteiger partial charge >= 0.3 is 5.97 Å². The molecule has 1 fully saturated rings. The van der Waals surface area contributed by atoms with E-state index in [2.05, 4.69) is 10.6 Å². The maximum absolute atomic E-state index is 11.9. The van der Waals surface area contributed by atoms with E-state index < -0.39 is 46.3 Å². The SMILES string of the molecule is CC(NC(=O)c1ccccc1)C(=O)OCC(=O)NC1CCS(=O)(=O)C1. The van der Waals surface area contributed by atoms with Crippen LogP contribution in [0, 0.1) is 0 Å². The molecule has 0 spiro atoms. The Morgan fingerprint density at radius 2 is 1.92 bits per heavy atom. The zero-order valence-electron chi connectivity index (χ0n) is 13.7. The molecule has 0 aliphatic carbocycles. The van der Waals surface area contributed by atoms with Crippen molar-refractivity contribution in [1.29, 1.82) is 0 Å². The molecule has 1 aliphatic rings. The van der Waals surface area contributed by atoms with Gasteiger partial charge in [0.05, 0.1) is 11.5 Å². The summed E-state index contributed by atoms with van der Waals surface area (Å²) in [6, 6.07) is 7.01. The van der Waals surface area contributed by atoms with Crippen molar-refractivity contribution >= 4 is 27.6 Å². The summed E-state index contributed by atoms with van der Waals surface area (Å²) in [4.78, 5) is 35.5. The van der Waals surface area contributed by atoms with Gasteiger partial charge in [0, 0.05) is 11.6 Å². The molecule has 8 nitrogen and oxygen atoms in total. The number of hydrogen-bond donors (Lipinski definition) is 2. The lowest BCUT2D eigenvalue weighted by molar-refractivity contribution is -0.150. The number of carbonyl (C=O) groups is 3. The van der Waals surface area contributed by atoms with E-state index in [1.165, 1.54) is 6.92 Å². The molecule has 1 heterocycles. The van der Waals surface area contributed by atoms with Gasteiger partial charge in [0.15, 0.2) is 16.4 Å². The first-order chi connectivity index (χ1) is 11.8. The van der Waals surface area contributed by atoms with Gasteiger partial charge in [0.25, 0.3) is 11.8 Å². The van der Waals surface area contributed by atoms with Crippen molar-refractivity contribution in [2.45, 2.75) is 25.4 Å². The molecule has 2 rings (SSSR count). The van der Waals surface area contributed by atoms with Crippen LogP contribution in [0.5, 0.6) is 0 Å². The van der Waals surface area contributed by atoms with E-state index in [0.717, 1.165) is 0 Å². The van der Waals surface area contributed by atoms with Crippen molar-refractivity contribution in [1.82, 2.24) is 10.6 Å². The molecular formula is C16H20N2O6S. The van der Waals surface area contributed by atoms with Gasteiger partial charge in [-0.05, 0) is 25.5 Å². The number of sulfone groups is 1. The number of benzene rings is 1. The fourth-order valence-corrected chi connectivity index (χ4v) is 4.04. The number of hydrogen-bond acceptors (Lipinski definition) is 6. The molecule has 2 unspecified atom stereocenters. The van der Waals surface area contributed by atoms with E-state index in [1.807, 2.05) is 0 Å². The fourth-order valence-electron chi connectivity index (χ4n) is 2.37. The second kappa shape index (κ2) is 8.11. The van der Waals surface area contributed by atoms with E-state index >= 15 is 0 Å². The number of esters is 1. The summed E-state index contributed by atoms with van der Waals surface area (Å²) in [7, 11) is -3.10. The van der Waals surface area contributed by atoms with E-state index in [-0.39, 0.29) is 11.5 Å². The highest BCUT2D eigenvalue weighted by Crippen LogP contribution is 2.11. The summed E-state index contributed by atoms with van der Waals surface area (Å²) >= 11 is 0. The summed E-state index contributed by atoms with van der Waals surface area (Å²) in [5, 5.41) is 4.99. The first kappa shape index (κ1) is 18.9. The van der Waals surface area contributed by atoms with Crippen LogP contribution in [0.25, 0.3) is 0 Å². The molecule has 9 heteroatoms. The van der Waals surface area contributed by atoms with Crippen LogP contribution in [0.2, 0.25) is 0 Å². The van der Waals surface area contributed by atoms with Crippen LogP contribution in [0.4, 0.5) is 0 Å². The molecule has 1 aromatic carbocycles. The molecule has 2 N–H and O–H groups in total. The van der Waals surface area contributed by atoms with Crippen molar-refractivity contribution in [3.63, 3.8) is 0 Å². The lowest BCUT2D eigenvalue weighted by Gasteiger charge is -2.14. The van der Waals surface area contributed by atoms with Crippen LogP contribution < -0.4 is 10.6 Å². The zero-order chi connectivity index (χ0) is 18.4. The van der Waals surface area contributed by atoms with Crippen LogP contribution in [-0.2, 0) is 24.2 Å². The normalized spacial score (nSPS) is 19.6. The topological polar surface area (TPSA) is 119 Å². The van der Waals surface area contributed by atoms with Gasteiger partial charge in [-0.1, -0.05) is 18.2 Å². The first-order valence-electron chi connectivity index (χ1n) is 7.79. The minimum Gasteiger partial charge on any atom is -0.454 e. The lowest BCUT2D eigenvalue weighted by atomic mass is 10.2. The average molecular weight is 368 g/mol. The van der Waals surface area contributed by atoms with E-state index in [9.17, 15) is 22.8 Å². The summed E-state index contributed by atoms with van der Waals surface area (Å²) < 4.78 is 27.5. The predicted octanol–water partition coefficient (Wildman–Crippen LogP) is -0.349. The van der Waals surface area contributed by atoms with Gasteiger partial charge < -0.3 is 15.4 Å². The Morgan fingerprint density at radius 3 is 2.52 bits per heavy atom. The van der Waals surface area contributed by atoms with Crippen LogP contribution >= 0.6 is 0 Å². The Labute approximate surface area is 145 Å². The molecule has 2 atom stereocenters. The Hall–Kier alpha value is -2.42. The molecule has 0 aromatic heterocycles. The summed E-state index contributed by atoms with van der Waals surface area (Å²) in [6.07, 6.45) is 0.353. The highest BCUT2D eigenvalue weighted by atomic mass is 32.2. The van der Waals surface area contributed by atoms with E-state index in [1.54, 1.807) is 30.3 Å². The van der Waals surface area contributed by atoms with Gasteiger partial charge in [-0.25, -0.2) is 13.2 Å². The highest BCUT2D eigenvalue weighted by molar-refractivity contribution is 7.91. The zero-order valence-corrected chi connectivity index (χ0v) is 14.5. The molecule has 1 saturated heterocycles. The molecule has 0 bridgehead atoms. The summed E-state index contributed by atoms with van der Waals surface area (Å²) in [5.74, 6) is -1.81. The van der Waals surface area contributed by atoms with Crippen LogP contribution in [-0.4, -0.2) is 56.4 Å². The summed E-state index contributed by atoms with van der Waals surface area (Å²) in [5.41, 5.74) is 0.405. The third-order valence-electron chi connectivity index (χ3n) is 3.68. The third kappa shape index (κ3) is 5.86. The lowest BCUT2D eigenvalue weighted by Crippen LogP contribution is -2.42. The monoisotopic (exact) mass is 368 g/mol. The van der Waals surface area contributed by atoms with E-state index in [4.69, 9.17) is 4.74 Å². The smallest absolute Gasteiger partial charge is 0.328 e. The van der Waals surface area contributed by atoms with Crippen LogP contribution in [0.1, 0.15) is 23.7 Å². The maximum Gasteiger partial charge on any atom is 0.328 e. The van der Waals surface area contributed by atoms with Gasteiger partial charge in [0.2, 0.25) is 0 Å². The first-order valence-corrected chi connectivity index (χ1v) is 9.61. The second-order valence-corrected chi connectivity index (χ2v) is 8.07. The fraction of sp³-hybridized carbons (Fsp3) is 0.438. The minimum atomic E-state index is -3.10. The molecule has 0 saturated carbocycles. The summed E-state index contributed by atoms with van der Waals surface area (Å²) in [6.45, 7) is 0.922. The van der Waals surface area contributed by atoms with Crippen LogP contribution in [0.3, 0.4) is 0 Å². The molecule has 25 heavy (non-hydrogen) atoms. The number of ether oxygens (including phenoxy) is 1. The van der Waals surface area contributed by atoms with Gasteiger partial charge in [0.1, 0.15) is 6.04 Å². The van der Waals surface area contributed by atoms with E-state index in [0.29, 0.717) is 12.0 Å². The average Bonchev–Trinajstić information content (AvgIpc) is 2.91. The Balaban J connectivity index is 1.74. The van der Waals surface area contributed by atoms with Crippen LogP contribution in [0.15, 0.2) is 30.3 Å². The Bertz CT molecular complexity index is 747. The molecule has 1 aliphatic heterocycles. The maximum atomic E-state index is 11.9. The van der Waals surface area contributed by atoms with Gasteiger partial charge in [-0.15, -0.1) is 0 Å². The van der Waals surface area contributed by atoms with Crippen molar-refractivity contribution in [2.24, 2.45) is 0 Å². The van der Waals surface area contributed by atoms with Crippen molar-refractivity contribution in [2.75, 3.05) is 18.1 Å². The molecule has 2 amide bonds. The largest absolute Gasteiger partial charge is 0.454 e. The molecule has 0 radical (unpaired) electrons. The Morgan fingerprint density at radius 1 is 1.24 bits per heavy atom. The molecule has 1 aromatic rings. The van der Waals surface area contributed by atoms with Crippen molar-refractivity contribution in [3.8, 4) is 0 Å². The predicted molar refractivity (Wildman–Crippen MR) is 89.5 cm³/mol. The standard InChI is InChI=1S/C16H20N2O6S/c1-11(17-15(20)12-5-3-2-4-6-12)16(21)24-9-14(19)18-13-7-8-25(22,23)10-13/h2-6,11,13H,7-10H2,1H3,(H,17,20)(H,18,19). The molecule has 136 valence electrons. The van der Waals surface area contributed by atoms with Gasteiger partial charge in [-0.3, -0.25) is 9.59 Å². The number of nitrogens with one attached hydrogen (secondary N) is 2. The quantitative estimate of drug-likeness (QED) is 0.663. The third-order valence-corrected chi connectivity index (χ3v) is 5.45. The minimum absolute atomic E-state index is 0.0420. The van der Waals surface area contributed by atoms with Gasteiger partial charge in [-0.2, -0.15) is 0 Å². The second-order valence-electron chi connectivity index (χ2n) is 5.84. The number of carbonyl (C=O) groups excluding carboxylic acids is 3. The highest BCUT2D eigenvalue weighted by Gasteiger charge is 2.29. The van der Waals surface area contributed by atoms with Crippen molar-refractivity contribution < 1.29 is 27.5 Å². The Kier molecular flexibility index (Phi) is 6.13. The number of rotatable bonds is 6. The van der Waals surface area contributed by atoms with Crippen molar-refractivity contribution in [3.05, 3.63) is 35.9 Å². The molecular weight excluding hydrogens is 348 g/mol.